The SMILES string of the molecule is CC(CCl)Cc1[c]cccc1. The van der Waals surface area contributed by atoms with Crippen molar-refractivity contribution in [1.82, 2.24) is 0 Å². The summed E-state index contributed by atoms with van der Waals surface area (Å²) in [5.74, 6) is 1.28. The fourth-order valence-electron chi connectivity index (χ4n) is 0.987. The van der Waals surface area contributed by atoms with E-state index in [1.807, 2.05) is 18.2 Å². The minimum atomic E-state index is 0.551. The fraction of sp³-hybridized carbons (Fsp3) is 0.400. The molecule has 1 atom stereocenters. The molecule has 0 bridgehead atoms. The Morgan fingerprint density at radius 2 is 2.36 bits per heavy atom. The van der Waals surface area contributed by atoms with Crippen molar-refractivity contribution in [3.05, 3.63) is 35.9 Å². The normalized spacial score (nSPS) is 12.9. The summed E-state index contributed by atoms with van der Waals surface area (Å²) in [7, 11) is 0. The maximum absolute atomic E-state index is 5.69. The zero-order valence-corrected chi connectivity index (χ0v) is 7.43. The van der Waals surface area contributed by atoms with Crippen LogP contribution >= 0.6 is 11.6 Å². The van der Waals surface area contributed by atoms with Gasteiger partial charge < -0.3 is 0 Å². The number of alkyl halides is 1. The summed E-state index contributed by atoms with van der Waals surface area (Å²) in [6, 6.07) is 11.2. The van der Waals surface area contributed by atoms with Crippen LogP contribution in [0.4, 0.5) is 0 Å². The van der Waals surface area contributed by atoms with Crippen molar-refractivity contribution in [2.45, 2.75) is 13.3 Å². The molecule has 1 heteroatoms. The average Bonchev–Trinajstić information content (AvgIpc) is 2.06. The third-order valence-electron chi connectivity index (χ3n) is 1.61. The van der Waals surface area contributed by atoms with Gasteiger partial charge in [-0.2, -0.15) is 0 Å². The molecule has 1 aromatic rings. The Balaban J connectivity index is 2.51. The Labute approximate surface area is 73.2 Å². The van der Waals surface area contributed by atoms with Crippen LogP contribution in [0.15, 0.2) is 24.3 Å². The van der Waals surface area contributed by atoms with Gasteiger partial charge in [0.25, 0.3) is 0 Å². The van der Waals surface area contributed by atoms with E-state index in [0.717, 1.165) is 12.3 Å². The molecule has 1 radical (unpaired) electrons. The van der Waals surface area contributed by atoms with Gasteiger partial charge in [-0.1, -0.05) is 31.2 Å². The first-order valence-electron chi connectivity index (χ1n) is 3.84. The highest BCUT2D eigenvalue weighted by Gasteiger charge is 2.00. The van der Waals surface area contributed by atoms with E-state index < -0.39 is 0 Å². The molecule has 1 rings (SSSR count). The molecule has 0 aliphatic carbocycles. The lowest BCUT2D eigenvalue weighted by Crippen LogP contribution is -2.00. The van der Waals surface area contributed by atoms with Crippen molar-refractivity contribution in [2.75, 3.05) is 5.88 Å². The van der Waals surface area contributed by atoms with Gasteiger partial charge in [0, 0.05) is 5.88 Å². The molecule has 11 heavy (non-hydrogen) atoms. The van der Waals surface area contributed by atoms with Crippen LogP contribution in [0.1, 0.15) is 12.5 Å². The molecule has 0 heterocycles. The van der Waals surface area contributed by atoms with Crippen molar-refractivity contribution in [2.24, 2.45) is 5.92 Å². The van der Waals surface area contributed by atoms with E-state index in [-0.39, 0.29) is 0 Å². The highest BCUT2D eigenvalue weighted by Crippen LogP contribution is 2.08. The Bertz CT molecular complexity index is 193. The van der Waals surface area contributed by atoms with Crippen LogP contribution in [0, 0.1) is 12.0 Å². The van der Waals surface area contributed by atoms with Gasteiger partial charge >= 0.3 is 0 Å². The topological polar surface area (TPSA) is 0 Å². The van der Waals surface area contributed by atoms with E-state index in [0.29, 0.717) is 5.92 Å². The summed E-state index contributed by atoms with van der Waals surface area (Å²) in [4.78, 5) is 0. The van der Waals surface area contributed by atoms with Crippen LogP contribution < -0.4 is 0 Å². The van der Waals surface area contributed by atoms with Gasteiger partial charge in [0.15, 0.2) is 0 Å². The van der Waals surface area contributed by atoms with Crippen LogP contribution in [0.25, 0.3) is 0 Å². The molecule has 0 aromatic heterocycles. The summed E-state index contributed by atoms with van der Waals surface area (Å²) in [6.07, 6.45) is 1.03. The van der Waals surface area contributed by atoms with Gasteiger partial charge in [0.2, 0.25) is 0 Å². The summed E-state index contributed by atoms with van der Waals surface area (Å²) in [6.45, 7) is 2.15. The number of hydrogen-bond acceptors (Lipinski definition) is 0. The number of halogens is 1. The predicted molar refractivity (Wildman–Crippen MR) is 48.9 cm³/mol. The maximum atomic E-state index is 5.69. The first-order valence-corrected chi connectivity index (χ1v) is 4.38. The average molecular weight is 168 g/mol. The molecule has 0 fully saturated rings. The van der Waals surface area contributed by atoms with Gasteiger partial charge in [-0.25, -0.2) is 0 Å². The van der Waals surface area contributed by atoms with E-state index in [1.165, 1.54) is 5.56 Å². The lowest BCUT2D eigenvalue weighted by atomic mass is 10.0. The number of rotatable bonds is 3. The Hall–Kier alpha value is -0.490. The van der Waals surface area contributed by atoms with Crippen molar-refractivity contribution < 1.29 is 0 Å². The van der Waals surface area contributed by atoms with E-state index in [1.54, 1.807) is 0 Å². The zero-order chi connectivity index (χ0) is 8.10. The second-order valence-corrected chi connectivity index (χ2v) is 3.16. The molecule has 1 aromatic carbocycles. The Kier molecular flexibility index (Phi) is 3.44. The van der Waals surface area contributed by atoms with Crippen LogP contribution in [0.3, 0.4) is 0 Å². The first kappa shape index (κ1) is 8.61. The molecule has 0 N–H and O–H groups in total. The molecule has 0 saturated heterocycles. The van der Waals surface area contributed by atoms with Crippen molar-refractivity contribution >= 4 is 11.6 Å². The summed E-state index contributed by atoms with van der Waals surface area (Å²) >= 11 is 5.69. The lowest BCUT2D eigenvalue weighted by molar-refractivity contribution is 0.654. The summed E-state index contributed by atoms with van der Waals surface area (Å²) < 4.78 is 0. The molecule has 0 saturated carbocycles. The van der Waals surface area contributed by atoms with Crippen LogP contribution in [-0.2, 0) is 6.42 Å². The standard InChI is InChI=1S/C10H12Cl/c1-9(8-11)7-10-5-3-2-4-6-10/h2-5,9H,7-8H2,1H3. The first-order chi connectivity index (χ1) is 5.33. The van der Waals surface area contributed by atoms with E-state index in [2.05, 4.69) is 19.1 Å². The second-order valence-electron chi connectivity index (χ2n) is 2.85. The summed E-state index contributed by atoms with van der Waals surface area (Å²) in [5.41, 5.74) is 1.25. The van der Waals surface area contributed by atoms with Crippen molar-refractivity contribution in [1.29, 1.82) is 0 Å². The monoisotopic (exact) mass is 167 g/mol. The molecule has 1 unspecified atom stereocenters. The molecule has 0 spiro atoms. The van der Waals surface area contributed by atoms with Gasteiger partial charge in [-0.05, 0) is 24.0 Å². The van der Waals surface area contributed by atoms with E-state index >= 15 is 0 Å². The van der Waals surface area contributed by atoms with Crippen LogP contribution in [-0.4, -0.2) is 5.88 Å². The third-order valence-corrected chi connectivity index (χ3v) is 2.13. The Morgan fingerprint density at radius 1 is 1.55 bits per heavy atom. The second kappa shape index (κ2) is 4.40. The fourth-order valence-corrected chi connectivity index (χ4v) is 1.10. The quantitative estimate of drug-likeness (QED) is 0.608. The zero-order valence-electron chi connectivity index (χ0n) is 6.68. The van der Waals surface area contributed by atoms with Crippen molar-refractivity contribution in [3.8, 4) is 0 Å². The molecular formula is C10H12Cl. The molecule has 0 amide bonds. The van der Waals surface area contributed by atoms with E-state index in [9.17, 15) is 0 Å². The highest BCUT2D eigenvalue weighted by molar-refractivity contribution is 6.18. The Morgan fingerprint density at radius 3 is 2.91 bits per heavy atom. The number of benzene rings is 1. The summed E-state index contributed by atoms with van der Waals surface area (Å²) in [5, 5.41) is 0. The lowest BCUT2D eigenvalue weighted by Gasteiger charge is -2.05. The minimum Gasteiger partial charge on any atom is -0.126 e. The minimum absolute atomic E-state index is 0.551. The van der Waals surface area contributed by atoms with Gasteiger partial charge in [0.1, 0.15) is 0 Å². The van der Waals surface area contributed by atoms with E-state index in [4.69, 9.17) is 11.6 Å². The molecule has 0 nitrogen and oxygen atoms in total. The molecular weight excluding hydrogens is 156 g/mol. The van der Waals surface area contributed by atoms with Gasteiger partial charge in [0.05, 0.1) is 0 Å². The molecule has 0 aliphatic heterocycles. The predicted octanol–water partition coefficient (Wildman–Crippen LogP) is 2.90. The maximum Gasteiger partial charge on any atom is 0.0252 e. The van der Waals surface area contributed by atoms with Crippen molar-refractivity contribution in [3.63, 3.8) is 0 Å². The van der Waals surface area contributed by atoms with Crippen LogP contribution in [0.5, 0.6) is 0 Å². The van der Waals surface area contributed by atoms with Crippen LogP contribution in [0.2, 0.25) is 0 Å². The number of hydrogen-bond donors (Lipinski definition) is 0. The van der Waals surface area contributed by atoms with Gasteiger partial charge in [-0.15, -0.1) is 11.6 Å². The highest BCUT2D eigenvalue weighted by atomic mass is 35.5. The third kappa shape index (κ3) is 2.94. The smallest absolute Gasteiger partial charge is 0.0252 e. The molecule has 0 aliphatic rings. The molecule has 59 valence electrons. The van der Waals surface area contributed by atoms with Gasteiger partial charge in [-0.3, -0.25) is 0 Å². The largest absolute Gasteiger partial charge is 0.126 e.